The number of likely N-dealkylation sites (N-methyl/N-ethyl adjacent to an activating group) is 1. The Balaban J connectivity index is 2.52. The van der Waals surface area contributed by atoms with Crippen LogP contribution in [0.5, 0.6) is 0 Å². The molecule has 0 spiro atoms. The van der Waals surface area contributed by atoms with Crippen molar-refractivity contribution in [3.05, 3.63) is 0 Å². The zero-order valence-corrected chi connectivity index (χ0v) is 18.5. The topological polar surface area (TPSA) is 94.1 Å². The predicted molar refractivity (Wildman–Crippen MR) is 111 cm³/mol. The van der Waals surface area contributed by atoms with Gasteiger partial charge < -0.3 is 15.5 Å². The Morgan fingerprint density at radius 2 is 1.81 bits per heavy atom. The summed E-state index contributed by atoms with van der Waals surface area (Å²) in [6.45, 7) is 10.2. The maximum absolute atomic E-state index is 12.2. The second-order valence-corrected chi connectivity index (χ2v) is 11.0. The number of nitrogens with one attached hydrogen (secondary N) is 2. The Bertz CT molecular complexity index is 603. The fraction of sp³-hybridized carbons (Fsp3) is 0.889. The maximum Gasteiger partial charge on any atom is 0.236 e. The van der Waals surface area contributed by atoms with Crippen molar-refractivity contribution in [3.8, 4) is 0 Å². The fourth-order valence-electron chi connectivity index (χ4n) is 2.67. The van der Waals surface area contributed by atoms with Gasteiger partial charge in [-0.1, -0.05) is 0 Å². The largest absolute Gasteiger partial charge is 0.357 e. The maximum atomic E-state index is 12.2. The van der Waals surface area contributed by atoms with Crippen LogP contribution < -0.4 is 10.6 Å². The fourth-order valence-corrected chi connectivity index (χ4v) is 3.61. The highest BCUT2D eigenvalue weighted by Gasteiger charge is 2.28. The smallest absolute Gasteiger partial charge is 0.236 e. The van der Waals surface area contributed by atoms with E-state index >= 15 is 0 Å². The van der Waals surface area contributed by atoms with Gasteiger partial charge in [0.2, 0.25) is 5.91 Å². The van der Waals surface area contributed by atoms with Crippen molar-refractivity contribution >= 4 is 21.7 Å². The van der Waals surface area contributed by atoms with E-state index in [1.807, 2.05) is 6.92 Å². The number of aliphatic imine (C=N–C) groups is 1. The van der Waals surface area contributed by atoms with E-state index in [2.05, 4.69) is 20.5 Å². The summed E-state index contributed by atoms with van der Waals surface area (Å²) in [6.07, 6.45) is 1.84. The number of amides is 1. The molecule has 8 nitrogen and oxygen atoms in total. The molecule has 27 heavy (non-hydrogen) atoms. The lowest BCUT2D eigenvalue weighted by Gasteiger charge is -2.33. The van der Waals surface area contributed by atoms with Crippen molar-refractivity contribution < 1.29 is 13.2 Å². The van der Waals surface area contributed by atoms with E-state index in [0.717, 1.165) is 25.9 Å². The molecule has 0 radical (unpaired) electrons. The SMILES string of the molecule is CCNC(=NCCS(=O)(=O)C(C)(C)C)NC1CCN(CC(=O)N(C)C)CC1. The predicted octanol–water partition coefficient (Wildman–Crippen LogP) is 0.307. The highest BCUT2D eigenvalue weighted by Crippen LogP contribution is 2.15. The average Bonchev–Trinajstić information content (AvgIpc) is 2.55. The Kier molecular flexibility index (Phi) is 9.01. The van der Waals surface area contributed by atoms with Gasteiger partial charge in [-0.05, 0) is 40.5 Å². The van der Waals surface area contributed by atoms with Gasteiger partial charge in [-0.3, -0.25) is 14.7 Å². The van der Waals surface area contributed by atoms with Crippen LogP contribution in [0.15, 0.2) is 4.99 Å². The number of sulfone groups is 1. The quantitative estimate of drug-likeness (QED) is 0.469. The minimum Gasteiger partial charge on any atom is -0.357 e. The Hall–Kier alpha value is -1.35. The number of guanidine groups is 1. The third-order valence-electron chi connectivity index (χ3n) is 4.69. The van der Waals surface area contributed by atoms with Gasteiger partial charge in [0, 0.05) is 39.8 Å². The Labute approximate surface area is 164 Å². The molecule has 0 aromatic rings. The van der Waals surface area contributed by atoms with Gasteiger partial charge in [-0.2, -0.15) is 0 Å². The number of carbonyl (C=O) groups is 1. The van der Waals surface area contributed by atoms with E-state index in [1.165, 1.54) is 0 Å². The minimum absolute atomic E-state index is 0.0398. The van der Waals surface area contributed by atoms with Crippen molar-refractivity contribution in [1.29, 1.82) is 0 Å². The molecule has 0 atom stereocenters. The number of hydrogen-bond donors (Lipinski definition) is 2. The number of rotatable bonds is 7. The molecule has 0 unspecified atom stereocenters. The summed E-state index contributed by atoms with van der Waals surface area (Å²) in [5.41, 5.74) is 0. The molecule has 1 aliphatic heterocycles. The van der Waals surface area contributed by atoms with Gasteiger partial charge in [-0.15, -0.1) is 0 Å². The van der Waals surface area contributed by atoms with Gasteiger partial charge in [0.05, 0.1) is 23.6 Å². The molecule has 0 saturated carbocycles. The van der Waals surface area contributed by atoms with Crippen molar-refractivity contribution in [1.82, 2.24) is 20.4 Å². The highest BCUT2D eigenvalue weighted by molar-refractivity contribution is 7.92. The van der Waals surface area contributed by atoms with Gasteiger partial charge in [0.1, 0.15) is 0 Å². The van der Waals surface area contributed by atoms with E-state index in [-0.39, 0.29) is 24.2 Å². The van der Waals surface area contributed by atoms with Gasteiger partial charge in [0.15, 0.2) is 15.8 Å². The van der Waals surface area contributed by atoms with Crippen LogP contribution >= 0.6 is 0 Å². The zero-order chi connectivity index (χ0) is 20.7. The first-order valence-corrected chi connectivity index (χ1v) is 11.3. The molecule has 1 fully saturated rings. The second-order valence-electron chi connectivity index (χ2n) is 8.17. The summed E-state index contributed by atoms with van der Waals surface area (Å²) < 4.78 is 23.7. The molecule has 1 heterocycles. The van der Waals surface area contributed by atoms with Crippen molar-refractivity contribution in [2.24, 2.45) is 4.99 Å². The van der Waals surface area contributed by atoms with Crippen LogP contribution in [0.25, 0.3) is 0 Å². The van der Waals surface area contributed by atoms with E-state index in [4.69, 9.17) is 0 Å². The number of piperidine rings is 1. The molecule has 158 valence electrons. The molecular weight excluding hydrogens is 366 g/mol. The summed E-state index contributed by atoms with van der Waals surface area (Å²) in [5.74, 6) is 0.818. The standard InChI is InChI=1S/C18H37N5O3S/c1-7-19-17(20-10-13-27(25,26)18(2,3)4)21-15-8-11-23(12-9-15)14-16(24)22(5)6/h15H,7-14H2,1-6H3,(H2,19,20,21). The van der Waals surface area contributed by atoms with Crippen molar-refractivity contribution in [3.63, 3.8) is 0 Å². The van der Waals surface area contributed by atoms with Gasteiger partial charge in [-0.25, -0.2) is 8.42 Å². The van der Waals surface area contributed by atoms with E-state index < -0.39 is 14.6 Å². The van der Waals surface area contributed by atoms with E-state index in [0.29, 0.717) is 19.0 Å². The molecule has 1 saturated heterocycles. The molecule has 0 aromatic heterocycles. The van der Waals surface area contributed by atoms with Crippen LogP contribution in [-0.2, 0) is 14.6 Å². The second kappa shape index (κ2) is 10.3. The summed E-state index contributed by atoms with van der Waals surface area (Å²) in [4.78, 5) is 20.0. The highest BCUT2D eigenvalue weighted by atomic mass is 32.2. The normalized spacial score (nSPS) is 17.6. The lowest BCUT2D eigenvalue weighted by atomic mass is 10.1. The number of hydrogen-bond acceptors (Lipinski definition) is 5. The number of nitrogens with zero attached hydrogens (tertiary/aromatic N) is 3. The first kappa shape index (κ1) is 23.7. The third kappa shape index (κ3) is 8.04. The minimum atomic E-state index is -3.17. The van der Waals surface area contributed by atoms with Crippen molar-refractivity contribution in [2.75, 3.05) is 52.6 Å². The molecule has 1 amide bonds. The molecule has 0 aliphatic carbocycles. The lowest BCUT2D eigenvalue weighted by Crippen LogP contribution is -2.50. The monoisotopic (exact) mass is 403 g/mol. The molecule has 9 heteroatoms. The van der Waals surface area contributed by atoms with Crippen LogP contribution in [0.4, 0.5) is 0 Å². The summed E-state index contributed by atoms with van der Waals surface area (Å²) >= 11 is 0. The third-order valence-corrected chi connectivity index (χ3v) is 7.28. The molecule has 0 aromatic carbocycles. The van der Waals surface area contributed by atoms with Crippen LogP contribution in [0.2, 0.25) is 0 Å². The first-order chi connectivity index (χ1) is 12.5. The summed E-state index contributed by atoms with van der Waals surface area (Å²) in [6, 6.07) is 0.271. The van der Waals surface area contributed by atoms with Gasteiger partial charge >= 0.3 is 0 Å². The summed E-state index contributed by atoms with van der Waals surface area (Å²) in [5, 5.41) is 6.58. The number of likely N-dealkylation sites (tertiary alicyclic amines) is 1. The van der Waals surface area contributed by atoms with E-state index in [9.17, 15) is 13.2 Å². The molecule has 1 aliphatic rings. The number of carbonyl (C=O) groups excluding carboxylic acids is 1. The zero-order valence-electron chi connectivity index (χ0n) is 17.7. The van der Waals surface area contributed by atoms with Crippen LogP contribution in [-0.4, -0.2) is 93.4 Å². The molecule has 0 bridgehead atoms. The van der Waals surface area contributed by atoms with Crippen LogP contribution in [0.3, 0.4) is 0 Å². The molecule has 1 rings (SSSR count). The molecule has 2 N–H and O–H groups in total. The van der Waals surface area contributed by atoms with E-state index in [1.54, 1.807) is 39.8 Å². The van der Waals surface area contributed by atoms with Gasteiger partial charge in [0.25, 0.3) is 0 Å². The van der Waals surface area contributed by atoms with Crippen LogP contribution in [0.1, 0.15) is 40.5 Å². The molecular formula is C18H37N5O3S. The first-order valence-electron chi connectivity index (χ1n) is 9.66. The summed E-state index contributed by atoms with van der Waals surface area (Å²) in [7, 11) is 0.374. The average molecular weight is 404 g/mol. The van der Waals surface area contributed by atoms with Crippen molar-refractivity contribution in [2.45, 2.75) is 51.3 Å². The lowest BCUT2D eigenvalue weighted by molar-refractivity contribution is -0.130. The Morgan fingerprint density at radius 1 is 1.22 bits per heavy atom. The Morgan fingerprint density at radius 3 is 2.30 bits per heavy atom. The van der Waals surface area contributed by atoms with Crippen LogP contribution in [0, 0.1) is 0 Å².